The molecule has 0 aliphatic carbocycles. The van der Waals surface area contributed by atoms with Gasteiger partial charge in [0.15, 0.2) is 0 Å². The molecule has 0 aliphatic rings. The van der Waals surface area contributed by atoms with Crippen LogP contribution in [0.4, 0.5) is 0 Å². The summed E-state index contributed by atoms with van der Waals surface area (Å²) in [6, 6.07) is 3.52. The highest BCUT2D eigenvalue weighted by atomic mass is 32.3. The van der Waals surface area contributed by atoms with Gasteiger partial charge in [-0.3, -0.25) is 4.55 Å². The predicted molar refractivity (Wildman–Crippen MR) is 45.4 cm³/mol. The topological polar surface area (TPSA) is 63.6 Å². The summed E-state index contributed by atoms with van der Waals surface area (Å²) in [5.74, 6) is 0. The van der Waals surface area contributed by atoms with Crippen LogP contribution in [0, 0.1) is 0 Å². The summed E-state index contributed by atoms with van der Waals surface area (Å²) in [5.41, 5.74) is 0. The third kappa shape index (κ3) is 2.90. The molecule has 0 radical (unpaired) electrons. The summed E-state index contributed by atoms with van der Waals surface area (Å²) >= 11 is 1.37. The SMILES string of the molecule is CC(OS(=O)(=O)O)c1cccs1. The molecule has 0 spiro atoms. The van der Waals surface area contributed by atoms with Gasteiger partial charge in [-0.15, -0.1) is 11.3 Å². The van der Waals surface area contributed by atoms with Gasteiger partial charge in [0.25, 0.3) is 0 Å². The van der Waals surface area contributed by atoms with E-state index in [1.807, 2.05) is 0 Å². The van der Waals surface area contributed by atoms with Gasteiger partial charge in [0, 0.05) is 4.88 Å². The first kappa shape index (κ1) is 9.66. The maximum atomic E-state index is 10.3. The maximum absolute atomic E-state index is 10.3. The van der Waals surface area contributed by atoms with Gasteiger partial charge >= 0.3 is 10.4 Å². The molecule has 0 aliphatic heterocycles. The molecule has 12 heavy (non-hydrogen) atoms. The van der Waals surface area contributed by atoms with Crippen LogP contribution in [0.5, 0.6) is 0 Å². The van der Waals surface area contributed by atoms with Crippen LogP contribution in [0.3, 0.4) is 0 Å². The average molecular weight is 208 g/mol. The molecule has 1 N–H and O–H groups in total. The van der Waals surface area contributed by atoms with Gasteiger partial charge in [-0.1, -0.05) is 6.07 Å². The van der Waals surface area contributed by atoms with Crippen molar-refractivity contribution in [1.82, 2.24) is 0 Å². The third-order valence-corrected chi connectivity index (χ3v) is 2.78. The Bertz CT molecular complexity index is 326. The minimum absolute atomic E-state index is 0.625. The van der Waals surface area contributed by atoms with E-state index in [0.29, 0.717) is 0 Å². The molecule has 1 rings (SSSR count). The molecule has 6 heteroatoms. The van der Waals surface area contributed by atoms with Gasteiger partial charge in [-0.25, -0.2) is 4.18 Å². The van der Waals surface area contributed by atoms with E-state index < -0.39 is 16.5 Å². The zero-order valence-corrected chi connectivity index (χ0v) is 7.93. The molecule has 0 amide bonds. The number of hydrogen-bond donors (Lipinski definition) is 1. The smallest absolute Gasteiger partial charge is 0.264 e. The lowest BCUT2D eigenvalue weighted by Gasteiger charge is -2.06. The first-order valence-corrected chi connectivity index (χ1v) is 5.42. The van der Waals surface area contributed by atoms with Gasteiger partial charge in [0.2, 0.25) is 0 Å². The van der Waals surface area contributed by atoms with Crippen LogP contribution < -0.4 is 0 Å². The molecule has 1 atom stereocenters. The van der Waals surface area contributed by atoms with E-state index in [0.717, 1.165) is 4.88 Å². The minimum atomic E-state index is -4.34. The fourth-order valence-electron chi connectivity index (χ4n) is 0.752. The molecule has 0 fully saturated rings. The summed E-state index contributed by atoms with van der Waals surface area (Å²) in [7, 11) is -4.34. The van der Waals surface area contributed by atoms with Crippen molar-refractivity contribution < 1.29 is 17.2 Å². The van der Waals surface area contributed by atoms with Gasteiger partial charge in [-0.05, 0) is 18.4 Å². The average Bonchev–Trinajstić information content (AvgIpc) is 2.32. The fraction of sp³-hybridized carbons (Fsp3) is 0.333. The Balaban J connectivity index is 2.68. The van der Waals surface area contributed by atoms with Crippen molar-refractivity contribution in [2.75, 3.05) is 0 Å². The second kappa shape index (κ2) is 3.53. The Morgan fingerprint density at radius 2 is 2.33 bits per heavy atom. The molecule has 0 bridgehead atoms. The molecule has 1 heterocycles. The molecule has 68 valence electrons. The van der Waals surface area contributed by atoms with E-state index in [1.54, 1.807) is 24.4 Å². The molecule has 0 saturated heterocycles. The lowest BCUT2D eigenvalue weighted by atomic mass is 10.3. The Morgan fingerprint density at radius 3 is 2.75 bits per heavy atom. The van der Waals surface area contributed by atoms with Crippen molar-refractivity contribution in [3.63, 3.8) is 0 Å². The van der Waals surface area contributed by atoms with Gasteiger partial charge in [0.05, 0.1) is 0 Å². The summed E-state index contributed by atoms with van der Waals surface area (Å²) in [4.78, 5) is 0.757. The first-order valence-electron chi connectivity index (χ1n) is 3.18. The minimum Gasteiger partial charge on any atom is -0.264 e. The van der Waals surface area contributed by atoms with Crippen LogP contribution in [0.1, 0.15) is 17.9 Å². The molecule has 1 aromatic heterocycles. The fourth-order valence-corrected chi connectivity index (χ4v) is 1.99. The van der Waals surface area contributed by atoms with Crippen molar-refractivity contribution in [3.8, 4) is 0 Å². The van der Waals surface area contributed by atoms with Crippen LogP contribution in [0.25, 0.3) is 0 Å². The normalized spacial score (nSPS) is 14.5. The van der Waals surface area contributed by atoms with Gasteiger partial charge in [-0.2, -0.15) is 8.42 Å². The third-order valence-electron chi connectivity index (χ3n) is 1.21. The van der Waals surface area contributed by atoms with Crippen molar-refractivity contribution >= 4 is 21.7 Å². The Hall–Kier alpha value is -0.430. The molecule has 0 aromatic carbocycles. The zero-order chi connectivity index (χ0) is 9.19. The first-order chi connectivity index (χ1) is 5.49. The Morgan fingerprint density at radius 1 is 1.67 bits per heavy atom. The van der Waals surface area contributed by atoms with Crippen LogP contribution in [0.15, 0.2) is 17.5 Å². The second-order valence-electron chi connectivity index (χ2n) is 2.18. The van der Waals surface area contributed by atoms with Crippen LogP contribution >= 0.6 is 11.3 Å². The van der Waals surface area contributed by atoms with E-state index in [9.17, 15) is 8.42 Å². The van der Waals surface area contributed by atoms with Crippen LogP contribution in [-0.2, 0) is 14.6 Å². The van der Waals surface area contributed by atoms with E-state index in [2.05, 4.69) is 4.18 Å². The summed E-state index contributed by atoms with van der Waals surface area (Å²) in [6.45, 7) is 1.56. The molecular formula is C6H8O4S2. The maximum Gasteiger partial charge on any atom is 0.397 e. The summed E-state index contributed by atoms with van der Waals surface area (Å²) in [5, 5.41) is 1.80. The van der Waals surface area contributed by atoms with Gasteiger partial charge < -0.3 is 0 Å². The van der Waals surface area contributed by atoms with E-state index >= 15 is 0 Å². The molecule has 1 aromatic rings. The highest BCUT2D eigenvalue weighted by Crippen LogP contribution is 2.22. The van der Waals surface area contributed by atoms with E-state index in [4.69, 9.17) is 4.55 Å². The van der Waals surface area contributed by atoms with Crippen LogP contribution in [0.2, 0.25) is 0 Å². The lowest BCUT2D eigenvalue weighted by molar-refractivity contribution is 0.204. The van der Waals surface area contributed by atoms with Gasteiger partial charge in [0.1, 0.15) is 6.10 Å². The lowest BCUT2D eigenvalue weighted by Crippen LogP contribution is -2.06. The zero-order valence-electron chi connectivity index (χ0n) is 6.30. The van der Waals surface area contributed by atoms with Crippen molar-refractivity contribution in [3.05, 3.63) is 22.4 Å². The number of rotatable bonds is 3. The molecular weight excluding hydrogens is 200 g/mol. The predicted octanol–water partition coefficient (Wildman–Crippen LogP) is 1.63. The Labute approximate surface area is 74.8 Å². The molecule has 0 saturated carbocycles. The molecule has 1 unspecified atom stereocenters. The van der Waals surface area contributed by atoms with E-state index in [-0.39, 0.29) is 0 Å². The highest BCUT2D eigenvalue weighted by molar-refractivity contribution is 7.80. The second-order valence-corrected chi connectivity index (χ2v) is 4.21. The summed E-state index contributed by atoms with van der Waals surface area (Å²) in [6.07, 6.45) is -0.625. The van der Waals surface area contributed by atoms with Crippen LogP contribution in [-0.4, -0.2) is 13.0 Å². The van der Waals surface area contributed by atoms with Crippen molar-refractivity contribution in [1.29, 1.82) is 0 Å². The number of hydrogen-bond acceptors (Lipinski definition) is 4. The molecule has 4 nitrogen and oxygen atoms in total. The van der Waals surface area contributed by atoms with Crippen molar-refractivity contribution in [2.24, 2.45) is 0 Å². The standard InChI is InChI=1S/C6H8O4S2/c1-5(10-12(7,8)9)6-3-2-4-11-6/h2-5H,1H3,(H,7,8,9). The number of thiophene rings is 1. The Kier molecular flexibility index (Phi) is 2.84. The largest absolute Gasteiger partial charge is 0.397 e. The monoisotopic (exact) mass is 208 g/mol. The highest BCUT2D eigenvalue weighted by Gasteiger charge is 2.14. The van der Waals surface area contributed by atoms with E-state index in [1.165, 1.54) is 11.3 Å². The quantitative estimate of drug-likeness (QED) is 0.767. The summed E-state index contributed by atoms with van der Waals surface area (Å²) < 4.78 is 33.2. The van der Waals surface area contributed by atoms with Crippen molar-refractivity contribution in [2.45, 2.75) is 13.0 Å².